The molecule has 0 aliphatic carbocycles. The summed E-state index contributed by atoms with van der Waals surface area (Å²) in [5.41, 5.74) is 3.38. The van der Waals surface area contributed by atoms with Gasteiger partial charge in [0.25, 0.3) is 0 Å². The van der Waals surface area contributed by atoms with Gasteiger partial charge in [-0.25, -0.2) is 0 Å². The number of anilines is 1. The van der Waals surface area contributed by atoms with E-state index in [2.05, 4.69) is 17.2 Å². The van der Waals surface area contributed by atoms with Gasteiger partial charge in [0.05, 0.1) is 0 Å². The first kappa shape index (κ1) is 17.5. The Morgan fingerprint density at radius 2 is 1.79 bits per heavy atom. The molecule has 24 heavy (non-hydrogen) atoms. The summed E-state index contributed by atoms with van der Waals surface area (Å²) in [5, 5.41) is 5.48. The molecule has 1 unspecified atom stereocenters. The highest BCUT2D eigenvalue weighted by molar-refractivity contribution is 5.99. The lowest BCUT2D eigenvalue weighted by molar-refractivity contribution is -0.121. The molecule has 2 N–H and O–H groups in total. The van der Waals surface area contributed by atoms with Crippen molar-refractivity contribution in [2.45, 2.75) is 25.8 Å². The summed E-state index contributed by atoms with van der Waals surface area (Å²) in [6.45, 7) is 6.13. The van der Waals surface area contributed by atoms with Crippen LogP contribution in [0.4, 0.5) is 5.69 Å². The summed E-state index contributed by atoms with van der Waals surface area (Å²) in [4.78, 5) is 23.1. The van der Waals surface area contributed by atoms with E-state index in [1.165, 1.54) is 0 Å². The van der Waals surface area contributed by atoms with Crippen molar-refractivity contribution in [3.8, 4) is 0 Å². The number of nitrogens with one attached hydrogen (secondary N) is 2. The Hall–Kier alpha value is -2.88. The van der Waals surface area contributed by atoms with Gasteiger partial charge in [-0.2, -0.15) is 0 Å². The molecule has 124 valence electrons. The van der Waals surface area contributed by atoms with Gasteiger partial charge in [-0.3, -0.25) is 9.59 Å². The first-order chi connectivity index (χ1) is 11.7. The van der Waals surface area contributed by atoms with Gasteiger partial charge < -0.3 is 10.6 Å². The van der Waals surface area contributed by atoms with E-state index in [1.54, 1.807) is 0 Å². The number of para-hydroxylation sites is 1. The van der Waals surface area contributed by atoms with E-state index in [1.807, 2.05) is 61.5 Å². The molecule has 4 heteroatoms. The van der Waals surface area contributed by atoms with Gasteiger partial charge >= 0.3 is 0 Å². The lowest BCUT2D eigenvalue weighted by Crippen LogP contribution is -2.39. The molecule has 2 aromatic carbocycles. The predicted molar refractivity (Wildman–Crippen MR) is 97.5 cm³/mol. The lowest BCUT2D eigenvalue weighted by Gasteiger charge is -2.18. The Morgan fingerprint density at radius 3 is 2.46 bits per heavy atom. The van der Waals surface area contributed by atoms with Crippen molar-refractivity contribution < 1.29 is 9.59 Å². The van der Waals surface area contributed by atoms with Crippen LogP contribution in [0.25, 0.3) is 5.57 Å². The summed E-state index contributed by atoms with van der Waals surface area (Å²) >= 11 is 0. The number of amides is 2. The van der Waals surface area contributed by atoms with Gasteiger partial charge in [-0.1, -0.05) is 68.5 Å². The van der Waals surface area contributed by atoms with Gasteiger partial charge in [0.2, 0.25) is 12.3 Å². The number of hydrogen-bond acceptors (Lipinski definition) is 2. The maximum Gasteiger partial charge on any atom is 0.246 e. The average Bonchev–Trinajstić information content (AvgIpc) is 2.62. The highest BCUT2D eigenvalue weighted by Gasteiger charge is 2.18. The maximum absolute atomic E-state index is 12.4. The van der Waals surface area contributed by atoms with E-state index < -0.39 is 6.04 Å². The average molecular weight is 322 g/mol. The molecular weight excluding hydrogens is 300 g/mol. The molecule has 0 heterocycles. The number of carbonyl (C=O) groups is 2. The van der Waals surface area contributed by atoms with Crippen LogP contribution in [0.15, 0.2) is 61.2 Å². The summed E-state index contributed by atoms with van der Waals surface area (Å²) in [6.07, 6.45) is 1.96. The first-order valence-electron chi connectivity index (χ1n) is 8.01. The zero-order valence-electron chi connectivity index (χ0n) is 13.8. The molecule has 4 nitrogen and oxygen atoms in total. The monoisotopic (exact) mass is 322 g/mol. The van der Waals surface area contributed by atoms with Crippen LogP contribution >= 0.6 is 0 Å². The topological polar surface area (TPSA) is 58.2 Å². The van der Waals surface area contributed by atoms with E-state index in [9.17, 15) is 9.59 Å². The minimum absolute atomic E-state index is 0.225. The fourth-order valence-corrected chi connectivity index (χ4v) is 2.53. The molecule has 0 fully saturated rings. The molecule has 2 rings (SSSR count). The van der Waals surface area contributed by atoms with E-state index in [0.29, 0.717) is 18.5 Å². The molecule has 0 aliphatic heterocycles. The Morgan fingerprint density at radius 1 is 1.12 bits per heavy atom. The minimum atomic E-state index is -0.537. The van der Waals surface area contributed by atoms with Crippen LogP contribution in [-0.4, -0.2) is 18.4 Å². The molecule has 2 aromatic rings. The van der Waals surface area contributed by atoms with E-state index in [4.69, 9.17) is 0 Å². The molecule has 0 spiro atoms. The number of hydrogen-bond donors (Lipinski definition) is 2. The van der Waals surface area contributed by atoms with Crippen molar-refractivity contribution in [1.82, 2.24) is 5.32 Å². The van der Waals surface area contributed by atoms with Gasteiger partial charge in [0, 0.05) is 11.3 Å². The molecule has 0 aromatic heterocycles. The third-order valence-corrected chi connectivity index (χ3v) is 3.80. The second-order valence-corrected chi connectivity index (χ2v) is 5.51. The van der Waals surface area contributed by atoms with Crippen LogP contribution < -0.4 is 10.6 Å². The second kappa shape index (κ2) is 8.67. The third kappa shape index (κ3) is 4.32. The molecule has 1 atom stereocenters. The largest absolute Gasteiger partial charge is 0.347 e. The van der Waals surface area contributed by atoms with Crippen molar-refractivity contribution in [2.24, 2.45) is 0 Å². The minimum Gasteiger partial charge on any atom is -0.347 e. The molecule has 0 radical (unpaired) electrons. The Balaban J connectivity index is 2.24. The molecule has 0 saturated heterocycles. The Kier molecular flexibility index (Phi) is 6.32. The summed E-state index contributed by atoms with van der Waals surface area (Å²) < 4.78 is 0. The zero-order valence-corrected chi connectivity index (χ0v) is 13.8. The Bertz CT molecular complexity index is 711. The Labute approximate surface area is 142 Å². The number of rotatable bonds is 8. The van der Waals surface area contributed by atoms with Crippen molar-refractivity contribution >= 4 is 23.6 Å². The van der Waals surface area contributed by atoms with Crippen LogP contribution in [0.3, 0.4) is 0 Å². The van der Waals surface area contributed by atoms with Crippen molar-refractivity contribution in [3.63, 3.8) is 0 Å². The third-order valence-electron chi connectivity index (χ3n) is 3.80. The summed E-state index contributed by atoms with van der Waals surface area (Å²) in [5.74, 6) is -0.225. The highest BCUT2D eigenvalue weighted by Crippen LogP contribution is 2.28. The van der Waals surface area contributed by atoms with Crippen molar-refractivity contribution in [2.75, 3.05) is 5.32 Å². The quantitative estimate of drug-likeness (QED) is 0.730. The zero-order chi connectivity index (χ0) is 17.4. The standard InChI is InChI=1S/C20H22N2O2/c1-3-9-19(21-14-23)20(24)22-18-13-8-7-12-17(18)15(2)16-10-5-4-6-11-16/h4-8,10-14,19H,2-3,9H2,1H3,(H,21,23)(H,22,24). The van der Waals surface area contributed by atoms with Gasteiger partial charge in [0.1, 0.15) is 6.04 Å². The van der Waals surface area contributed by atoms with E-state index in [-0.39, 0.29) is 5.91 Å². The van der Waals surface area contributed by atoms with Crippen molar-refractivity contribution in [1.29, 1.82) is 0 Å². The molecule has 0 bridgehead atoms. The first-order valence-corrected chi connectivity index (χ1v) is 8.01. The molecule has 0 saturated carbocycles. The summed E-state index contributed by atoms with van der Waals surface area (Å²) in [6, 6.07) is 16.8. The fraction of sp³-hybridized carbons (Fsp3) is 0.200. The normalized spacial score (nSPS) is 11.4. The van der Waals surface area contributed by atoms with Crippen LogP contribution in [-0.2, 0) is 9.59 Å². The van der Waals surface area contributed by atoms with Crippen LogP contribution in [0.5, 0.6) is 0 Å². The van der Waals surface area contributed by atoms with Gasteiger partial charge in [-0.15, -0.1) is 0 Å². The lowest BCUT2D eigenvalue weighted by atomic mass is 9.98. The van der Waals surface area contributed by atoms with Crippen molar-refractivity contribution in [3.05, 3.63) is 72.3 Å². The van der Waals surface area contributed by atoms with Gasteiger partial charge in [-0.05, 0) is 23.6 Å². The number of carbonyl (C=O) groups excluding carboxylic acids is 2. The molecular formula is C20H22N2O2. The second-order valence-electron chi connectivity index (χ2n) is 5.51. The highest BCUT2D eigenvalue weighted by atomic mass is 16.2. The van der Waals surface area contributed by atoms with Crippen LogP contribution in [0, 0.1) is 0 Å². The van der Waals surface area contributed by atoms with E-state index in [0.717, 1.165) is 23.1 Å². The number of benzene rings is 2. The molecule has 2 amide bonds. The van der Waals surface area contributed by atoms with Crippen LogP contribution in [0.1, 0.15) is 30.9 Å². The van der Waals surface area contributed by atoms with Gasteiger partial charge in [0.15, 0.2) is 0 Å². The van der Waals surface area contributed by atoms with Crippen LogP contribution in [0.2, 0.25) is 0 Å². The predicted octanol–water partition coefficient (Wildman–Crippen LogP) is 3.60. The van der Waals surface area contributed by atoms with E-state index >= 15 is 0 Å². The maximum atomic E-state index is 12.4. The molecule has 0 aliphatic rings. The SMILES string of the molecule is C=C(c1ccccc1)c1ccccc1NC(=O)C(CCC)NC=O. The fourth-order valence-electron chi connectivity index (χ4n) is 2.53. The summed E-state index contributed by atoms with van der Waals surface area (Å²) in [7, 11) is 0. The smallest absolute Gasteiger partial charge is 0.246 e.